The molecule has 3 unspecified atom stereocenters. The summed E-state index contributed by atoms with van der Waals surface area (Å²) in [7, 11) is 0. The number of benzene rings is 1. The monoisotopic (exact) mass is 266 g/mol. The maximum atomic E-state index is 13.3. The van der Waals surface area contributed by atoms with Crippen molar-refractivity contribution in [3.05, 3.63) is 47.5 Å². The fourth-order valence-corrected chi connectivity index (χ4v) is 1.63. The van der Waals surface area contributed by atoms with E-state index >= 15 is 0 Å². The molecule has 0 radical (unpaired) electrons. The summed E-state index contributed by atoms with van der Waals surface area (Å²) in [6, 6.07) is 3.11. The van der Waals surface area contributed by atoms with Gasteiger partial charge in [0, 0.05) is 6.07 Å². The van der Waals surface area contributed by atoms with Crippen molar-refractivity contribution in [1.29, 1.82) is 0 Å². The van der Waals surface area contributed by atoms with Crippen molar-refractivity contribution in [2.75, 3.05) is 6.61 Å². The van der Waals surface area contributed by atoms with Gasteiger partial charge in [0.15, 0.2) is 0 Å². The molecule has 19 heavy (non-hydrogen) atoms. The van der Waals surface area contributed by atoms with Crippen LogP contribution in [0, 0.1) is 23.5 Å². The van der Waals surface area contributed by atoms with E-state index in [4.69, 9.17) is 9.84 Å². The fourth-order valence-electron chi connectivity index (χ4n) is 1.63. The van der Waals surface area contributed by atoms with Gasteiger partial charge in [-0.15, -0.1) is 0 Å². The van der Waals surface area contributed by atoms with E-state index in [1.807, 2.05) is 0 Å². The zero-order valence-corrected chi connectivity index (χ0v) is 9.88. The fraction of sp³-hybridized carbons (Fsp3) is 0.286. The van der Waals surface area contributed by atoms with Crippen molar-refractivity contribution in [2.45, 2.75) is 18.3 Å². The molecular weight excluding hydrogens is 254 g/mol. The van der Waals surface area contributed by atoms with E-state index in [-0.39, 0.29) is 12.2 Å². The molecule has 0 saturated heterocycles. The Bertz CT molecular complexity index is 545. The van der Waals surface area contributed by atoms with Crippen LogP contribution in [0.25, 0.3) is 0 Å². The van der Waals surface area contributed by atoms with Crippen LogP contribution in [0.2, 0.25) is 0 Å². The van der Waals surface area contributed by atoms with Gasteiger partial charge in [-0.05, 0) is 18.2 Å². The molecule has 0 aliphatic carbocycles. The molecule has 0 fully saturated rings. The molecule has 1 aromatic carbocycles. The van der Waals surface area contributed by atoms with Gasteiger partial charge in [-0.25, -0.2) is 8.78 Å². The Morgan fingerprint density at radius 3 is 2.74 bits per heavy atom. The Labute approximate surface area is 109 Å². The van der Waals surface area contributed by atoms with Gasteiger partial charge < -0.3 is 14.9 Å². The predicted molar refractivity (Wildman–Crippen MR) is 64.1 cm³/mol. The second-order valence-electron chi connectivity index (χ2n) is 4.05. The normalized spacial score (nSPS) is 25.8. The molecule has 1 aliphatic heterocycles. The summed E-state index contributed by atoms with van der Waals surface area (Å²) in [5.41, 5.74) is 0.0603. The Kier molecular flexibility index (Phi) is 4.27. The van der Waals surface area contributed by atoms with E-state index < -0.39 is 29.9 Å². The summed E-state index contributed by atoms with van der Waals surface area (Å²) < 4.78 is 31.3. The van der Waals surface area contributed by atoms with Crippen LogP contribution < -0.4 is 0 Å². The van der Waals surface area contributed by atoms with Gasteiger partial charge in [-0.2, -0.15) is 0 Å². The average Bonchev–Trinajstić information content (AvgIpc) is 2.39. The molecule has 0 amide bonds. The Morgan fingerprint density at radius 2 is 2.05 bits per heavy atom. The number of ether oxygens (including phenoxy) is 1. The van der Waals surface area contributed by atoms with Crippen LogP contribution in [0.15, 0.2) is 30.4 Å². The minimum atomic E-state index is -0.884. The van der Waals surface area contributed by atoms with Crippen molar-refractivity contribution in [1.82, 2.24) is 0 Å². The lowest BCUT2D eigenvalue weighted by molar-refractivity contribution is -0.0630. The van der Waals surface area contributed by atoms with E-state index in [0.717, 1.165) is 12.1 Å². The molecule has 1 aromatic rings. The lowest BCUT2D eigenvalue weighted by Crippen LogP contribution is -2.37. The molecule has 5 heteroatoms. The lowest BCUT2D eigenvalue weighted by atomic mass is 10.1. The van der Waals surface area contributed by atoms with Crippen LogP contribution in [0.1, 0.15) is 5.56 Å². The summed E-state index contributed by atoms with van der Waals surface area (Å²) in [6.07, 6.45) is 0.702. The van der Waals surface area contributed by atoms with Gasteiger partial charge in [-0.1, -0.05) is 17.9 Å². The third kappa shape index (κ3) is 3.38. The van der Waals surface area contributed by atoms with E-state index in [2.05, 4.69) is 11.8 Å². The zero-order valence-electron chi connectivity index (χ0n) is 9.88. The molecule has 2 N–H and O–H groups in total. The molecule has 0 bridgehead atoms. The molecule has 3 nitrogen and oxygen atoms in total. The maximum Gasteiger partial charge on any atom is 0.141 e. The van der Waals surface area contributed by atoms with Gasteiger partial charge >= 0.3 is 0 Å². The highest BCUT2D eigenvalue weighted by atomic mass is 19.1. The first-order valence-electron chi connectivity index (χ1n) is 5.69. The molecule has 1 aliphatic rings. The number of halogens is 2. The minimum Gasteiger partial charge on any atom is -0.394 e. The minimum absolute atomic E-state index is 0.0603. The van der Waals surface area contributed by atoms with E-state index in [9.17, 15) is 13.9 Å². The highest BCUT2D eigenvalue weighted by molar-refractivity contribution is 5.37. The van der Waals surface area contributed by atoms with Gasteiger partial charge in [0.05, 0.1) is 12.2 Å². The first-order chi connectivity index (χ1) is 9.10. The van der Waals surface area contributed by atoms with Gasteiger partial charge in [0.1, 0.15) is 29.9 Å². The number of aliphatic hydroxyl groups is 2. The van der Waals surface area contributed by atoms with Gasteiger partial charge in [0.2, 0.25) is 0 Å². The lowest BCUT2D eigenvalue weighted by Gasteiger charge is -2.25. The van der Waals surface area contributed by atoms with Crippen molar-refractivity contribution >= 4 is 0 Å². The van der Waals surface area contributed by atoms with Crippen LogP contribution in [0.5, 0.6) is 0 Å². The highest BCUT2D eigenvalue weighted by Gasteiger charge is 2.23. The summed E-state index contributed by atoms with van der Waals surface area (Å²) in [4.78, 5) is 0. The van der Waals surface area contributed by atoms with Crippen LogP contribution in [0.4, 0.5) is 8.78 Å². The Morgan fingerprint density at radius 1 is 1.26 bits per heavy atom. The molecular formula is C14H12F2O3. The predicted octanol–water partition coefficient (Wildman–Crippen LogP) is 0.993. The Balaban J connectivity index is 2.14. The summed E-state index contributed by atoms with van der Waals surface area (Å²) >= 11 is 0. The van der Waals surface area contributed by atoms with Crippen molar-refractivity contribution in [3.63, 3.8) is 0 Å². The average molecular weight is 266 g/mol. The van der Waals surface area contributed by atoms with E-state index in [0.29, 0.717) is 0 Å². The van der Waals surface area contributed by atoms with E-state index in [1.54, 1.807) is 0 Å². The molecule has 0 spiro atoms. The number of aliphatic hydroxyl groups excluding tert-OH is 2. The number of hydrogen-bond donors (Lipinski definition) is 2. The summed E-state index contributed by atoms with van der Waals surface area (Å²) in [5.74, 6) is 3.77. The molecule has 2 rings (SSSR count). The maximum absolute atomic E-state index is 13.3. The number of hydrogen-bond acceptors (Lipinski definition) is 3. The second kappa shape index (κ2) is 5.93. The SMILES string of the molecule is OCC1OC(C#Cc2ccc(F)cc2F)C=CC1O. The van der Waals surface area contributed by atoms with Crippen LogP contribution in [-0.2, 0) is 4.74 Å². The Hall–Kier alpha value is -1.74. The molecule has 0 saturated carbocycles. The largest absolute Gasteiger partial charge is 0.394 e. The van der Waals surface area contributed by atoms with E-state index in [1.165, 1.54) is 18.2 Å². The first kappa shape index (κ1) is 13.7. The molecule has 3 atom stereocenters. The highest BCUT2D eigenvalue weighted by Crippen LogP contribution is 2.13. The van der Waals surface area contributed by atoms with Crippen LogP contribution in [0.3, 0.4) is 0 Å². The van der Waals surface area contributed by atoms with Gasteiger partial charge in [0.25, 0.3) is 0 Å². The van der Waals surface area contributed by atoms with Crippen LogP contribution >= 0.6 is 0 Å². The standard InChI is InChI=1S/C14H12F2O3/c15-10-3-1-9(12(16)7-10)2-4-11-5-6-13(18)14(8-17)19-11/h1,3,5-7,11,13-14,17-18H,8H2. The first-order valence-corrected chi connectivity index (χ1v) is 5.69. The van der Waals surface area contributed by atoms with Gasteiger partial charge in [-0.3, -0.25) is 0 Å². The third-order valence-corrected chi connectivity index (χ3v) is 2.65. The zero-order chi connectivity index (χ0) is 13.8. The van der Waals surface area contributed by atoms with Crippen molar-refractivity contribution < 1.29 is 23.7 Å². The molecule has 0 aromatic heterocycles. The summed E-state index contributed by atoms with van der Waals surface area (Å²) in [5, 5.41) is 18.4. The third-order valence-electron chi connectivity index (χ3n) is 2.65. The number of rotatable bonds is 1. The van der Waals surface area contributed by atoms with Crippen molar-refractivity contribution in [2.24, 2.45) is 0 Å². The van der Waals surface area contributed by atoms with Crippen molar-refractivity contribution in [3.8, 4) is 11.8 Å². The smallest absolute Gasteiger partial charge is 0.141 e. The summed E-state index contributed by atoms with van der Waals surface area (Å²) in [6.45, 7) is -0.339. The second-order valence-corrected chi connectivity index (χ2v) is 4.05. The quantitative estimate of drug-likeness (QED) is 0.589. The topological polar surface area (TPSA) is 49.7 Å². The molecule has 1 heterocycles. The molecule has 100 valence electrons. The van der Waals surface area contributed by atoms with Crippen LogP contribution in [-0.4, -0.2) is 35.1 Å².